The van der Waals surface area contributed by atoms with E-state index in [4.69, 9.17) is 0 Å². The van der Waals surface area contributed by atoms with Crippen LogP contribution in [0.15, 0.2) is 0 Å². The van der Waals surface area contributed by atoms with Gasteiger partial charge >= 0.3 is 0 Å². The van der Waals surface area contributed by atoms with Crippen molar-refractivity contribution in [3.63, 3.8) is 0 Å². The summed E-state index contributed by atoms with van der Waals surface area (Å²) in [4.78, 5) is 11.9. The standard InChI is InChI=1S/C12H20N2O/c15-12(11-6-10(11)8-3-4-8)14-9-2-1-5-13-7-9/h8-11,13H,1-7H2,(H,14,15)/t9-,10?,11?/m1/s1. The van der Waals surface area contributed by atoms with Crippen LogP contribution in [-0.4, -0.2) is 25.0 Å². The lowest BCUT2D eigenvalue weighted by Crippen LogP contribution is -2.46. The van der Waals surface area contributed by atoms with E-state index in [0.29, 0.717) is 17.9 Å². The number of piperidine rings is 1. The molecule has 0 radical (unpaired) electrons. The molecule has 15 heavy (non-hydrogen) atoms. The van der Waals surface area contributed by atoms with Gasteiger partial charge in [-0.1, -0.05) is 0 Å². The highest BCUT2D eigenvalue weighted by Gasteiger charge is 2.51. The lowest BCUT2D eigenvalue weighted by molar-refractivity contribution is -0.123. The molecular formula is C12H20N2O. The lowest BCUT2D eigenvalue weighted by atomic mass is 10.1. The van der Waals surface area contributed by atoms with Crippen molar-refractivity contribution in [1.29, 1.82) is 0 Å². The zero-order valence-corrected chi connectivity index (χ0v) is 9.17. The molecule has 3 nitrogen and oxygen atoms in total. The van der Waals surface area contributed by atoms with E-state index in [2.05, 4.69) is 10.6 Å². The molecule has 0 aromatic heterocycles. The summed E-state index contributed by atoms with van der Waals surface area (Å²) in [6.45, 7) is 2.08. The van der Waals surface area contributed by atoms with E-state index in [-0.39, 0.29) is 0 Å². The highest BCUT2D eigenvalue weighted by molar-refractivity contribution is 5.82. The van der Waals surface area contributed by atoms with Gasteiger partial charge in [-0.3, -0.25) is 4.79 Å². The smallest absolute Gasteiger partial charge is 0.223 e. The quantitative estimate of drug-likeness (QED) is 0.723. The van der Waals surface area contributed by atoms with Gasteiger partial charge in [-0.15, -0.1) is 0 Å². The third-order valence-electron chi connectivity index (χ3n) is 4.05. The highest BCUT2D eigenvalue weighted by atomic mass is 16.2. The van der Waals surface area contributed by atoms with Crippen molar-refractivity contribution in [3.8, 4) is 0 Å². The van der Waals surface area contributed by atoms with E-state index < -0.39 is 0 Å². The van der Waals surface area contributed by atoms with E-state index in [1.165, 1.54) is 19.3 Å². The van der Waals surface area contributed by atoms with Gasteiger partial charge in [0, 0.05) is 18.5 Å². The van der Waals surface area contributed by atoms with Crippen molar-refractivity contribution in [1.82, 2.24) is 10.6 Å². The molecule has 0 aromatic rings. The van der Waals surface area contributed by atoms with Crippen LogP contribution in [0.5, 0.6) is 0 Å². The number of carbonyl (C=O) groups is 1. The van der Waals surface area contributed by atoms with Gasteiger partial charge in [0.2, 0.25) is 5.91 Å². The molecule has 0 aromatic carbocycles. The van der Waals surface area contributed by atoms with Crippen molar-refractivity contribution >= 4 is 5.91 Å². The van der Waals surface area contributed by atoms with Crippen LogP contribution in [-0.2, 0) is 4.79 Å². The average molecular weight is 208 g/mol. The monoisotopic (exact) mass is 208 g/mol. The molecule has 3 rings (SSSR count). The van der Waals surface area contributed by atoms with Crippen LogP contribution in [0, 0.1) is 17.8 Å². The number of hydrogen-bond donors (Lipinski definition) is 2. The largest absolute Gasteiger partial charge is 0.352 e. The van der Waals surface area contributed by atoms with Gasteiger partial charge in [0.15, 0.2) is 0 Å². The molecule has 1 saturated heterocycles. The van der Waals surface area contributed by atoms with E-state index >= 15 is 0 Å². The summed E-state index contributed by atoms with van der Waals surface area (Å²) in [5, 5.41) is 6.52. The molecule has 3 aliphatic rings. The van der Waals surface area contributed by atoms with Crippen molar-refractivity contribution in [3.05, 3.63) is 0 Å². The maximum absolute atomic E-state index is 11.9. The average Bonchev–Trinajstić information content (AvgIpc) is 3.11. The Hall–Kier alpha value is -0.570. The van der Waals surface area contributed by atoms with Crippen LogP contribution in [0.4, 0.5) is 0 Å². The summed E-state index contributed by atoms with van der Waals surface area (Å²) in [6, 6.07) is 0.395. The zero-order chi connectivity index (χ0) is 10.3. The van der Waals surface area contributed by atoms with Crippen LogP contribution < -0.4 is 10.6 Å². The van der Waals surface area contributed by atoms with Crippen LogP contribution in [0.1, 0.15) is 32.1 Å². The van der Waals surface area contributed by atoms with Crippen LogP contribution in [0.2, 0.25) is 0 Å². The number of hydrogen-bond acceptors (Lipinski definition) is 2. The molecule has 2 saturated carbocycles. The Morgan fingerprint density at radius 2 is 2.13 bits per heavy atom. The van der Waals surface area contributed by atoms with Crippen LogP contribution >= 0.6 is 0 Å². The van der Waals surface area contributed by atoms with Gasteiger partial charge in [-0.2, -0.15) is 0 Å². The van der Waals surface area contributed by atoms with E-state index in [1.54, 1.807) is 0 Å². The van der Waals surface area contributed by atoms with E-state index in [0.717, 1.165) is 37.8 Å². The zero-order valence-electron chi connectivity index (χ0n) is 9.17. The Balaban J connectivity index is 1.44. The molecule has 0 spiro atoms. The minimum atomic E-state index is 0.334. The molecule has 2 unspecified atom stereocenters. The second kappa shape index (κ2) is 3.78. The van der Waals surface area contributed by atoms with Crippen LogP contribution in [0.3, 0.4) is 0 Å². The molecule has 1 aliphatic heterocycles. The maximum atomic E-state index is 11.9. The molecule has 1 amide bonds. The molecule has 2 aliphatic carbocycles. The Kier molecular flexibility index (Phi) is 2.43. The first-order valence-corrected chi connectivity index (χ1v) is 6.35. The van der Waals surface area contributed by atoms with E-state index in [9.17, 15) is 4.79 Å². The Labute approximate surface area is 91.0 Å². The summed E-state index contributed by atoms with van der Waals surface area (Å²) in [7, 11) is 0. The first-order valence-electron chi connectivity index (χ1n) is 6.35. The summed E-state index contributed by atoms with van der Waals surface area (Å²) in [5.74, 6) is 2.37. The van der Waals surface area contributed by atoms with Crippen molar-refractivity contribution in [2.24, 2.45) is 17.8 Å². The first kappa shape index (κ1) is 9.64. The molecule has 1 heterocycles. The van der Waals surface area contributed by atoms with Gasteiger partial charge in [0.1, 0.15) is 0 Å². The molecule has 3 atom stereocenters. The van der Waals surface area contributed by atoms with Gasteiger partial charge in [-0.25, -0.2) is 0 Å². The van der Waals surface area contributed by atoms with E-state index in [1.807, 2.05) is 0 Å². The summed E-state index contributed by atoms with van der Waals surface area (Å²) >= 11 is 0. The fourth-order valence-electron chi connectivity index (χ4n) is 2.84. The summed E-state index contributed by atoms with van der Waals surface area (Å²) < 4.78 is 0. The van der Waals surface area contributed by atoms with Gasteiger partial charge in [0.25, 0.3) is 0 Å². The Morgan fingerprint density at radius 3 is 2.80 bits per heavy atom. The summed E-state index contributed by atoms with van der Waals surface area (Å²) in [5.41, 5.74) is 0. The van der Waals surface area contributed by atoms with Crippen LogP contribution in [0.25, 0.3) is 0 Å². The van der Waals surface area contributed by atoms with Gasteiger partial charge < -0.3 is 10.6 Å². The van der Waals surface area contributed by atoms with Gasteiger partial charge in [-0.05, 0) is 50.5 Å². The minimum Gasteiger partial charge on any atom is -0.352 e. The second-order valence-electron chi connectivity index (χ2n) is 5.40. The molecule has 84 valence electrons. The maximum Gasteiger partial charge on any atom is 0.223 e. The SMILES string of the molecule is O=C(N[C@@H]1CCCNC1)C1CC1C1CC1. The molecular weight excluding hydrogens is 188 g/mol. The normalized spacial score (nSPS) is 39.9. The number of nitrogens with one attached hydrogen (secondary N) is 2. The van der Waals surface area contributed by atoms with Gasteiger partial charge in [0.05, 0.1) is 0 Å². The molecule has 0 bridgehead atoms. The fraction of sp³-hybridized carbons (Fsp3) is 0.917. The third kappa shape index (κ3) is 2.17. The minimum absolute atomic E-state index is 0.334. The molecule has 3 heteroatoms. The number of rotatable bonds is 3. The van der Waals surface area contributed by atoms with Crippen molar-refractivity contribution in [2.45, 2.75) is 38.1 Å². The Bertz CT molecular complexity index is 256. The number of carbonyl (C=O) groups excluding carboxylic acids is 1. The highest BCUT2D eigenvalue weighted by Crippen LogP contribution is 2.54. The van der Waals surface area contributed by atoms with Crippen molar-refractivity contribution in [2.75, 3.05) is 13.1 Å². The lowest BCUT2D eigenvalue weighted by Gasteiger charge is -2.23. The topological polar surface area (TPSA) is 41.1 Å². The molecule has 3 fully saturated rings. The first-order chi connectivity index (χ1) is 7.34. The second-order valence-corrected chi connectivity index (χ2v) is 5.40. The van der Waals surface area contributed by atoms with Crippen molar-refractivity contribution < 1.29 is 4.79 Å². The predicted octanol–water partition coefficient (Wildman–Crippen LogP) is 0.901. The fourth-order valence-corrected chi connectivity index (χ4v) is 2.84. The summed E-state index contributed by atoms with van der Waals surface area (Å²) in [6.07, 6.45) is 6.26. The Morgan fingerprint density at radius 1 is 1.27 bits per heavy atom. The molecule has 2 N–H and O–H groups in total. The number of amides is 1. The third-order valence-corrected chi connectivity index (χ3v) is 4.05. The predicted molar refractivity (Wildman–Crippen MR) is 58.4 cm³/mol.